The van der Waals surface area contributed by atoms with Crippen molar-refractivity contribution in [2.75, 3.05) is 33.3 Å². The van der Waals surface area contributed by atoms with Crippen molar-refractivity contribution in [3.05, 3.63) is 42.4 Å². The molecule has 2 atom stereocenters. The van der Waals surface area contributed by atoms with Crippen LogP contribution in [-0.2, 0) is 11.8 Å². The second-order valence-electron chi connectivity index (χ2n) is 5.51. The molecule has 1 saturated heterocycles. The van der Waals surface area contributed by atoms with Crippen LogP contribution in [0.4, 0.5) is 0 Å². The number of nitrogens with one attached hydrogen (secondary N) is 1. The van der Waals surface area contributed by atoms with E-state index in [4.69, 9.17) is 9.15 Å². The van der Waals surface area contributed by atoms with Crippen molar-refractivity contribution < 1.29 is 9.15 Å². The molecule has 21 heavy (non-hydrogen) atoms. The van der Waals surface area contributed by atoms with Gasteiger partial charge in [-0.15, -0.1) is 0 Å². The average Bonchev–Trinajstić information content (AvgIpc) is 3.12. The summed E-state index contributed by atoms with van der Waals surface area (Å²) in [6, 6.07) is 3.81. The highest BCUT2D eigenvalue weighted by molar-refractivity contribution is 5.15. The fraction of sp³-hybridized carbons (Fsp3) is 0.533. The van der Waals surface area contributed by atoms with Crippen LogP contribution in [0.15, 0.2) is 35.2 Å². The first-order valence-corrected chi connectivity index (χ1v) is 7.28. The third kappa shape index (κ3) is 3.34. The maximum absolute atomic E-state index is 5.80. The average molecular weight is 290 g/mol. The van der Waals surface area contributed by atoms with E-state index in [-0.39, 0.29) is 12.1 Å². The minimum atomic E-state index is -0.0594. The molecule has 2 aromatic rings. The lowest BCUT2D eigenvalue weighted by Gasteiger charge is -2.31. The van der Waals surface area contributed by atoms with Gasteiger partial charge < -0.3 is 18.6 Å². The Labute approximate surface area is 124 Å². The molecule has 0 amide bonds. The Morgan fingerprint density at radius 2 is 2.38 bits per heavy atom. The maximum Gasteiger partial charge on any atom is 0.133 e. The molecule has 2 unspecified atom stereocenters. The number of nitrogens with zero attached hydrogens (tertiary/aromatic N) is 3. The molecule has 3 rings (SSSR count). The SMILES string of the molecule is CN1CCOC(CNC(c2ccco2)c2nccn2C)C1. The van der Waals surface area contributed by atoms with Crippen LogP contribution >= 0.6 is 0 Å². The van der Waals surface area contributed by atoms with Crippen LogP contribution in [0.5, 0.6) is 0 Å². The monoisotopic (exact) mass is 290 g/mol. The van der Waals surface area contributed by atoms with E-state index in [1.54, 1.807) is 12.5 Å². The van der Waals surface area contributed by atoms with E-state index in [9.17, 15) is 0 Å². The van der Waals surface area contributed by atoms with Gasteiger partial charge in [-0.3, -0.25) is 5.32 Å². The molecule has 0 aliphatic carbocycles. The molecule has 3 heterocycles. The van der Waals surface area contributed by atoms with Crippen LogP contribution in [0.25, 0.3) is 0 Å². The van der Waals surface area contributed by atoms with Crippen LogP contribution in [0.2, 0.25) is 0 Å². The van der Waals surface area contributed by atoms with E-state index in [0.717, 1.165) is 37.8 Å². The Morgan fingerprint density at radius 3 is 3.05 bits per heavy atom. The predicted molar refractivity (Wildman–Crippen MR) is 79.0 cm³/mol. The Kier molecular flexibility index (Phi) is 4.38. The Bertz CT molecular complexity index is 552. The molecule has 1 aliphatic heterocycles. The number of furan rings is 1. The molecule has 114 valence electrons. The van der Waals surface area contributed by atoms with Crippen LogP contribution in [0, 0.1) is 0 Å². The molecule has 1 fully saturated rings. The van der Waals surface area contributed by atoms with Gasteiger partial charge in [-0.05, 0) is 19.2 Å². The summed E-state index contributed by atoms with van der Waals surface area (Å²) in [6.07, 6.45) is 5.63. The summed E-state index contributed by atoms with van der Waals surface area (Å²) in [6.45, 7) is 3.50. The van der Waals surface area contributed by atoms with Gasteiger partial charge >= 0.3 is 0 Å². The fourth-order valence-electron chi connectivity index (χ4n) is 2.67. The third-order valence-corrected chi connectivity index (χ3v) is 3.84. The Balaban J connectivity index is 1.70. The fourth-order valence-corrected chi connectivity index (χ4v) is 2.67. The molecule has 6 nitrogen and oxygen atoms in total. The molecular formula is C15H22N4O2. The summed E-state index contributed by atoms with van der Waals surface area (Å²) < 4.78 is 13.4. The number of aryl methyl sites for hydroxylation is 1. The first-order chi connectivity index (χ1) is 10.2. The quantitative estimate of drug-likeness (QED) is 0.891. The van der Waals surface area contributed by atoms with Crippen molar-refractivity contribution in [1.29, 1.82) is 0 Å². The summed E-state index contributed by atoms with van der Waals surface area (Å²) >= 11 is 0. The largest absolute Gasteiger partial charge is 0.467 e. The van der Waals surface area contributed by atoms with Gasteiger partial charge in [0.2, 0.25) is 0 Å². The summed E-state index contributed by atoms with van der Waals surface area (Å²) in [5.74, 6) is 1.81. The van der Waals surface area contributed by atoms with Crippen molar-refractivity contribution >= 4 is 0 Å². The summed E-state index contributed by atoms with van der Waals surface area (Å²) in [5.41, 5.74) is 0. The lowest BCUT2D eigenvalue weighted by Crippen LogP contribution is -2.45. The number of hydrogen-bond donors (Lipinski definition) is 1. The number of likely N-dealkylation sites (N-methyl/N-ethyl adjacent to an activating group) is 1. The second-order valence-corrected chi connectivity index (χ2v) is 5.51. The number of hydrogen-bond acceptors (Lipinski definition) is 5. The first-order valence-electron chi connectivity index (χ1n) is 7.28. The van der Waals surface area contributed by atoms with Gasteiger partial charge in [0.15, 0.2) is 0 Å². The van der Waals surface area contributed by atoms with Gasteiger partial charge in [0.05, 0.1) is 19.0 Å². The topological polar surface area (TPSA) is 55.5 Å². The Hall–Kier alpha value is -1.63. The Morgan fingerprint density at radius 1 is 1.48 bits per heavy atom. The van der Waals surface area contributed by atoms with Crippen LogP contribution in [0.1, 0.15) is 17.6 Å². The van der Waals surface area contributed by atoms with E-state index in [1.807, 2.05) is 29.9 Å². The highest BCUT2D eigenvalue weighted by atomic mass is 16.5. The van der Waals surface area contributed by atoms with Gasteiger partial charge in [0.25, 0.3) is 0 Å². The van der Waals surface area contributed by atoms with Crippen molar-refractivity contribution in [1.82, 2.24) is 19.8 Å². The van der Waals surface area contributed by atoms with Crippen molar-refractivity contribution in [2.24, 2.45) is 7.05 Å². The van der Waals surface area contributed by atoms with Gasteiger partial charge in [-0.2, -0.15) is 0 Å². The van der Waals surface area contributed by atoms with Crippen LogP contribution in [-0.4, -0.2) is 53.8 Å². The van der Waals surface area contributed by atoms with Gasteiger partial charge in [-0.25, -0.2) is 4.98 Å². The maximum atomic E-state index is 5.80. The number of aromatic nitrogens is 2. The smallest absolute Gasteiger partial charge is 0.133 e. The van der Waals surface area contributed by atoms with E-state index in [1.165, 1.54) is 0 Å². The normalized spacial score (nSPS) is 21.5. The molecule has 0 spiro atoms. The minimum absolute atomic E-state index is 0.0594. The van der Waals surface area contributed by atoms with Gasteiger partial charge in [-0.1, -0.05) is 0 Å². The van der Waals surface area contributed by atoms with Crippen molar-refractivity contribution in [3.63, 3.8) is 0 Å². The summed E-state index contributed by atoms with van der Waals surface area (Å²) in [5, 5.41) is 3.53. The molecule has 1 aliphatic rings. The molecule has 2 aromatic heterocycles. The summed E-state index contributed by atoms with van der Waals surface area (Å²) in [4.78, 5) is 6.73. The van der Waals surface area contributed by atoms with Crippen LogP contribution in [0.3, 0.4) is 0 Å². The van der Waals surface area contributed by atoms with Crippen molar-refractivity contribution in [3.8, 4) is 0 Å². The molecule has 0 saturated carbocycles. The van der Waals surface area contributed by atoms with E-state index < -0.39 is 0 Å². The van der Waals surface area contributed by atoms with E-state index >= 15 is 0 Å². The standard InChI is InChI=1S/C15H22N4O2/c1-18-7-9-20-12(11-18)10-17-14(13-4-3-8-21-13)15-16-5-6-19(15)2/h3-6,8,12,14,17H,7,9-11H2,1-2H3. The van der Waals surface area contributed by atoms with Crippen molar-refractivity contribution in [2.45, 2.75) is 12.1 Å². The number of imidazole rings is 1. The van der Waals surface area contributed by atoms with E-state index in [2.05, 4.69) is 22.2 Å². The molecule has 1 N–H and O–H groups in total. The molecular weight excluding hydrogens is 268 g/mol. The number of morpholine rings is 1. The first kappa shape index (κ1) is 14.3. The lowest BCUT2D eigenvalue weighted by atomic mass is 10.2. The molecule has 0 bridgehead atoms. The van der Waals surface area contributed by atoms with Crippen LogP contribution < -0.4 is 5.32 Å². The zero-order valence-electron chi connectivity index (χ0n) is 12.5. The minimum Gasteiger partial charge on any atom is -0.467 e. The number of rotatable bonds is 5. The number of ether oxygens (including phenoxy) is 1. The highest BCUT2D eigenvalue weighted by Crippen LogP contribution is 2.21. The van der Waals surface area contributed by atoms with E-state index in [0.29, 0.717) is 0 Å². The van der Waals surface area contributed by atoms with Gasteiger partial charge in [0.1, 0.15) is 17.6 Å². The highest BCUT2D eigenvalue weighted by Gasteiger charge is 2.24. The van der Waals surface area contributed by atoms with Gasteiger partial charge in [0, 0.05) is 39.1 Å². The third-order valence-electron chi connectivity index (χ3n) is 3.84. The second kappa shape index (κ2) is 6.43. The predicted octanol–water partition coefficient (Wildman–Crippen LogP) is 1.02. The lowest BCUT2D eigenvalue weighted by molar-refractivity contribution is -0.0191. The zero-order chi connectivity index (χ0) is 14.7. The zero-order valence-corrected chi connectivity index (χ0v) is 12.5. The molecule has 6 heteroatoms. The molecule has 0 aromatic carbocycles. The molecule has 0 radical (unpaired) electrons. The summed E-state index contributed by atoms with van der Waals surface area (Å²) in [7, 11) is 4.11.